The van der Waals surface area contributed by atoms with Gasteiger partial charge in [-0.1, -0.05) is 36.4 Å². The van der Waals surface area contributed by atoms with Crippen LogP contribution in [0.2, 0.25) is 0 Å². The lowest BCUT2D eigenvalue weighted by Crippen LogP contribution is -2.54. The predicted molar refractivity (Wildman–Crippen MR) is 134 cm³/mol. The minimum atomic E-state index is -0.347. The first-order valence-electron chi connectivity index (χ1n) is 11.4. The largest absolute Gasteiger partial charge is 0.487 e. The Balaban J connectivity index is 1.22. The Kier molecular flexibility index (Phi) is 6.21. The van der Waals surface area contributed by atoms with Crippen molar-refractivity contribution in [2.75, 3.05) is 30.4 Å². The van der Waals surface area contributed by atoms with Crippen molar-refractivity contribution in [1.82, 2.24) is 4.57 Å². The first kappa shape index (κ1) is 21.6. The molecule has 1 saturated heterocycles. The number of esters is 1. The predicted octanol–water partition coefficient (Wildman–Crippen LogP) is 5.14. The van der Waals surface area contributed by atoms with Gasteiger partial charge in [0, 0.05) is 24.6 Å². The first-order chi connectivity index (χ1) is 16.7. The minimum absolute atomic E-state index is 0.0904. The van der Waals surface area contributed by atoms with Crippen LogP contribution in [0.1, 0.15) is 15.9 Å². The minimum Gasteiger partial charge on any atom is -0.487 e. The van der Waals surface area contributed by atoms with Crippen LogP contribution in [0.15, 0.2) is 97.3 Å². The molecule has 0 bridgehead atoms. The molecule has 0 radical (unpaired) electrons. The second kappa shape index (κ2) is 9.75. The summed E-state index contributed by atoms with van der Waals surface area (Å²) in [6, 6.07) is 28.0. The number of carbonyl (C=O) groups is 1. The highest BCUT2D eigenvalue weighted by atomic mass is 16.5. The SMILES string of the molecule is COC(=O)c1cccc(N2CC(Oc3ccc(CNc4ccccc4)cc3)C2)c1-n1cccc1. The normalized spacial score (nSPS) is 13.3. The molecule has 1 aliphatic heterocycles. The van der Waals surface area contributed by atoms with Gasteiger partial charge >= 0.3 is 5.97 Å². The Bertz CT molecular complexity index is 1230. The van der Waals surface area contributed by atoms with E-state index in [9.17, 15) is 4.79 Å². The van der Waals surface area contributed by atoms with Gasteiger partial charge in [0.15, 0.2) is 0 Å². The summed E-state index contributed by atoms with van der Waals surface area (Å²) in [6.45, 7) is 2.26. The van der Waals surface area contributed by atoms with Crippen molar-refractivity contribution in [2.24, 2.45) is 0 Å². The van der Waals surface area contributed by atoms with E-state index in [1.165, 1.54) is 12.7 Å². The topological polar surface area (TPSA) is 55.7 Å². The average Bonchev–Trinajstić information content (AvgIpc) is 3.40. The Morgan fingerprint density at radius 3 is 2.35 bits per heavy atom. The number of aromatic nitrogens is 1. The smallest absolute Gasteiger partial charge is 0.340 e. The van der Waals surface area contributed by atoms with Gasteiger partial charge in [-0.3, -0.25) is 0 Å². The molecule has 6 nitrogen and oxygen atoms in total. The summed E-state index contributed by atoms with van der Waals surface area (Å²) in [5, 5.41) is 3.42. The van der Waals surface area contributed by atoms with E-state index in [1.807, 2.05) is 71.6 Å². The second-order valence-electron chi connectivity index (χ2n) is 8.26. The Labute approximate surface area is 199 Å². The van der Waals surface area contributed by atoms with Crippen molar-refractivity contribution >= 4 is 17.3 Å². The number of benzene rings is 3. The van der Waals surface area contributed by atoms with Crippen LogP contribution in [0.5, 0.6) is 5.75 Å². The lowest BCUT2D eigenvalue weighted by atomic mass is 10.1. The quantitative estimate of drug-likeness (QED) is 0.374. The Morgan fingerprint density at radius 2 is 1.65 bits per heavy atom. The molecule has 0 spiro atoms. The lowest BCUT2D eigenvalue weighted by Gasteiger charge is -2.41. The maximum atomic E-state index is 12.4. The molecule has 0 atom stereocenters. The van der Waals surface area contributed by atoms with Gasteiger partial charge in [0.25, 0.3) is 0 Å². The van der Waals surface area contributed by atoms with Crippen LogP contribution in [0, 0.1) is 0 Å². The highest BCUT2D eigenvalue weighted by Crippen LogP contribution is 2.33. The number of hydrogen-bond donors (Lipinski definition) is 1. The number of hydrogen-bond acceptors (Lipinski definition) is 5. The molecule has 6 heteroatoms. The van der Waals surface area contributed by atoms with Crippen molar-refractivity contribution < 1.29 is 14.3 Å². The number of methoxy groups -OCH3 is 1. The zero-order valence-electron chi connectivity index (χ0n) is 19.1. The van der Waals surface area contributed by atoms with E-state index < -0.39 is 0 Å². The molecule has 3 aromatic carbocycles. The standard InChI is InChI=1S/C28H27N3O3/c1-33-28(32)25-10-7-11-26(27(25)30-16-5-6-17-30)31-19-24(20-31)34-23-14-12-21(13-15-23)18-29-22-8-3-2-4-9-22/h2-17,24,29H,18-20H2,1H3. The maximum Gasteiger partial charge on any atom is 0.340 e. The molecule has 1 fully saturated rings. The third-order valence-electron chi connectivity index (χ3n) is 5.97. The third kappa shape index (κ3) is 4.62. The number of anilines is 2. The van der Waals surface area contributed by atoms with Crippen LogP contribution in [0.3, 0.4) is 0 Å². The van der Waals surface area contributed by atoms with Gasteiger partial charge in [0.1, 0.15) is 11.9 Å². The van der Waals surface area contributed by atoms with Gasteiger partial charge in [-0.15, -0.1) is 0 Å². The number of ether oxygens (including phenoxy) is 2. The monoisotopic (exact) mass is 453 g/mol. The van der Waals surface area contributed by atoms with Crippen molar-refractivity contribution in [3.05, 3.63) is 108 Å². The third-order valence-corrected chi connectivity index (χ3v) is 5.97. The van der Waals surface area contributed by atoms with Gasteiger partial charge < -0.3 is 24.3 Å². The van der Waals surface area contributed by atoms with Crippen LogP contribution < -0.4 is 15.0 Å². The van der Waals surface area contributed by atoms with Crippen LogP contribution >= 0.6 is 0 Å². The fraction of sp³-hybridized carbons (Fsp3) is 0.179. The summed E-state index contributed by atoms with van der Waals surface area (Å²) in [4.78, 5) is 14.6. The van der Waals surface area contributed by atoms with Gasteiger partial charge in [-0.05, 0) is 54.1 Å². The number of rotatable bonds is 8. The van der Waals surface area contributed by atoms with Gasteiger partial charge in [-0.25, -0.2) is 4.79 Å². The van der Waals surface area contributed by atoms with Crippen LogP contribution in [0.25, 0.3) is 5.69 Å². The second-order valence-corrected chi connectivity index (χ2v) is 8.26. The molecule has 1 aromatic heterocycles. The molecule has 5 rings (SSSR count). The first-order valence-corrected chi connectivity index (χ1v) is 11.4. The van der Waals surface area contributed by atoms with Crippen LogP contribution in [0.4, 0.5) is 11.4 Å². The molecule has 0 amide bonds. The van der Waals surface area contributed by atoms with E-state index in [-0.39, 0.29) is 12.1 Å². The molecule has 0 saturated carbocycles. The maximum absolute atomic E-state index is 12.4. The highest BCUT2D eigenvalue weighted by Gasteiger charge is 2.32. The molecule has 0 aliphatic carbocycles. The fourth-order valence-corrected chi connectivity index (χ4v) is 4.16. The van der Waals surface area contributed by atoms with E-state index in [0.717, 1.165) is 42.4 Å². The van der Waals surface area contributed by atoms with E-state index in [4.69, 9.17) is 9.47 Å². The summed E-state index contributed by atoms with van der Waals surface area (Å²) in [5.41, 5.74) is 4.66. The molecule has 2 heterocycles. The zero-order valence-corrected chi connectivity index (χ0v) is 19.1. The summed E-state index contributed by atoms with van der Waals surface area (Å²) < 4.78 is 13.2. The van der Waals surface area contributed by atoms with Gasteiger partial charge in [-0.2, -0.15) is 0 Å². The molecule has 4 aromatic rings. The van der Waals surface area contributed by atoms with Crippen LogP contribution in [-0.2, 0) is 11.3 Å². The Hall–Kier alpha value is -4.19. The average molecular weight is 454 g/mol. The van der Waals surface area contributed by atoms with E-state index >= 15 is 0 Å². The number of para-hydroxylation sites is 2. The summed E-state index contributed by atoms with van der Waals surface area (Å²) in [7, 11) is 1.41. The molecule has 172 valence electrons. The van der Waals surface area contributed by atoms with E-state index in [2.05, 4.69) is 34.5 Å². The summed E-state index contributed by atoms with van der Waals surface area (Å²) in [6.07, 6.45) is 3.97. The van der Waals surface area contributed by atoms with Crippen molar-refractivity contribution in [1.29, 1.82) is 0 Å². The molecule has 34 heavy (non-hydrogen) atoms. The Morgan fingerprint density at radius 1 is 0.912 bits per heavy atom. The fourth-order valence-electron chi connectivity index (χ4n) is 4.16. The van der Waals surface area contributed by atoms with Gasteiger partial charge in [0.05, 0.1) is 37.1 Å². The zero-order chi connectivity index (χ0) is 23.3. The number of nitrogens with zero attached hydrogens (tertiary/aromatic N) is 2. The molecule has 1 aliphatic rings. The van der Waals surface area contributed by atoms with Crippen molar-refractivity contribution in [3.63, 3.8) is 0 Å². The molecule has 0 unspecified atom stereocenters. The number of nitrogens with one attached hydrogen (secondary N) is 1. The van der Waals surface area contributed by atoms with Crippen molar-refractivity contribution in [3.8, 4) is 11.4 Å². The van der Waals surface area contributed by atoms with Gasteiger partial charge in [0.2, 0.25) is 0 Å². The van der Waals surface area contributed by atoms with E-state index in [1.54, 1.807) is 6.07 Å². The molecule has 1 N–H and O–H groups in total. The summed E-state index contributed by atoms with van der Waals surface area (Å²) >= 11 is 0. The summed E-state index contributed by atoms with van der Waals surface area (Å²) in [5.74, 6) is 0.516. The van der Waals surface area contributed by atoms with Crippen molar-refractivity contribution in [2.45, 2.75) is 12.6 Å². The molecular weight excluding hydrogens is 426 g/mol. The lowest BCUT2D eigenvalue weighted by molar-refractivity contribution is 0.0601. The molecular formula is C28H27N3O3. The number of carbonyl (C=O) groups excluding carboxylic acids is 1. The highest BCUT2D eigenvalue weighted by molar-refractivity contribution is 5.96. The van der Waals surface area contributed by atoms with E-state index in [0.29, 0.717) is 5.56 Å². The van der Waals surface area contributed by atoms with Crippen LogP contribution in [-0.4, -0.2) is 36.8 Å².